The first-order valence-electron chi connectivity index (χ1n) is 1.45. The van der Waals surface area contributed by atoms with E-state index in [1.165, 1.54) is 12.2 Å². The maximum absolute atomic E-state index is 9.50. The molecular formula is C3H3O3S-. The maximum atomic E-state index is 9.50. The first-order valence-corrected chi connectivity index (χ1v) is 2.86. The summed E-state index contributed by atoms with van der Waals surface area (Å²) in [4.78, 5) is 0. The molecule has 0 aliphatic rings. The Hall–Kier alpha value is -0.530. The van der Waals surface area contributed by atoms with Crippen LogP contribution in [0.1, 0.15) is 6.92 Å². The Morgan fingerprint density at radius 1 is 1.57 bits per heavy atom. The van der Waals surface area contributed by atoms with Crippen molar-refractivity contribution in [3.8, 4) is 11.2 Å². The van der Waals surface area contributed by atoms with Crippen LogP contribution in [0.3, 0.4) is 0 Å². The van der Waals surface area contributed by atoms with Gasteiger partial charge in [-0.2, -0.15) is 0 Å². The molecule has 0 saturated heterocycles. The van der Waals surface area contributed by atoms with Gasteiger partial charge in [0.25, 0.3) is 0 Å². The molecule has 0 spiro atoms. The molecular weight excluding hydrogens is 116 g/mol. The number of rotatable bonds is 0. The number of hydrogen-bond donors (Lipinski definition) is 0. The Kier molecular flexibility index (Phi) is 1.81. The van der Waals surface area contributed by atoms with Crippen LogP contribution >= 0.6 is 0 Å². The van der Waals surface area contributed by atoms with Gasteiger partial charge in [0.2, 0.25) is 0 Å². The van der Waals surface area contributed by atoms with Crippen LogP contribution in [-0.4, -0.2) is 13.0 Å². The lowest BCUT2D eigenvalue weighted by molar-refractivity contribution is 0.476. The van der Waals surface area contributed by atoms with Crippen LogP contribution in [0.2, 0.25) is 0 Å². The molecule has 40 valence electrons. The highest BCUT2D eigenvalue weighted by molar-refractivity contribution is 7.90. The van der Waals surface area contributed by atoms with Crippen molar-refractivity contribution < 1.29 is 13.0 Å². The van der Waals surface area contributed by atoms with Gasteiger partial charge in [-0.1, -0.05) is 5.92 Å². The maximum Gasteiger partial charge on any atom is 0.164 e. The normalized spacial score (nSPS) is 9.43. The Morgan fingerprint density at radius 3 is 2.00 bits per heavy atom. The third kappa shape index (κ3) is 5.47. The van der Waals surface area contributed by atoms with E-state index in [1.807, 2.05) is 5.92 Å². The lowest BCUT2D eigenvalue weighted by Crippen LogP contribution is -1.89. The van der Waals surface area contributed by atoms with Gasteiger partial charge in [-0.15, -0.1) is 0 Å². The predicted octanol–water partition coefficient (Wildman–Crippen LogP) is -0.488. The molecule has 0 radical (unpaired) electrons. The molecule has 0 heterocycles. The van der Waals surface area contributed by atoms with Gasteiger partial charge in [-0.3, -0.25) is 0 Å². The lowest BCUT2D eigenvalue weighted by Gasteiger charge is -1.90. The van der Waals surface area contributed by atoms with Gasteiger partial charge in [0.05, 0.1) is 0 Å². The zero-order chi connectivity index (χ0) is 5.91. The van der Waals surface area contributed by atoms with Crippen LogP contribution in [-0.2, 0) is 10.1 Å². The number of hydrogen-bond acceptors (Lipinski definition) is 3. The summed E-state index contributed by atoms with van der Waals surface area (Å²) in [5.41, 5.74) is 0. The van der Waals surface area contributed by atoms with Gasteiger partial charge in [0.1, 0.15) is 0 Å². The van der Waals surface area contributed by atoms with Crippen molar-refractivity contribution in [3.05, 3.63) is 0 Å². The van der Waals surface area contributed by atoms with E-state index >= 15 is 0 Å². The molecule has 0 rings (SSSR count). The fourth-order valence-corrected chi connectivity index (χ4v) is 0.375. The van der Waals surface area contributed by atoms with Gasteiger partial charge in [0.15, 0.2) is 10.1 Å². The standard InChI is InChI=1S/C3H4O3S/c1-2-3-7(4,5)6/h1H3,(H,4,5,6)/p-1. The fourth-order valence-electron chi connectivity index (χ4n) is 0.125. The summed E-state index contributed by atoms with van der Waals surface area (Å²) < 4.78 is 28.5. The fraction of sp³-hybridized carbons (Fsp3) is 0.333. The van der Waals surface area contributed by atoms with Crippen molar-refractivity contribution in [2.45, 2.75) is 6.92 Å². The minimum Gasteiger partial charge on any atom is -0.738 e. The van der Waals surface area contributed by atoms with Crippen molar-refractivity contribution >= 4 is 10.1 Å². The topological polar surface area (TPSA) is 57.2 Å². The first kappa shape index (κ1) is 6.47. The second-order valence-electron chi connectivity index (χ2n) is 0.806. The Morgan fingerprint density at radius 2 is 2.00 bits per heavy atom. The van der Waals surface area contributed by atoms with E-state index in [-0.39, 0.29) is 0 Å². The van der Waals surface area contributed by atoms with Crippen LogP contribution in [0, 0.1) is 11.2 Å². The Balaban J connectivity index is 4.34. The average Bonchev–Trinajstić information content (AvgIpc) is 1.30. The van der Waals surface area contributed by atoms with Crippen molar-refractivity contribution in [3.63, 3.8) is 0 Å². The first-order chi connectivity index (χ1) is 3.06. The summed E-state index contributed by atoms with van der Waals surface area (Å²) in [6.07, 6.45) is 0. The molecule has 0 saturated carbocycles. The van der Waals surface area contributed by atoms with Crippen molar-refractivity contribution in [2.75, 3.05) is 0 Å². The largest absolute Gasteiger partial charge is 0.738 e. The Bertz CT molecular complexity index is 190. The summed E-state index contributed by atoms with van der Waals surface area (Å²) in [6.45, 7) is 1.29. The zero-order valence-corrected chi connectivity index (χ0v) is 4.45. The molecule has 0 bridgehead atoms. The third-order valence-electron chi connectivity index (χ3n) is 0.227. The molecule has 0 aliphatic carbocycles. The van der Waals surface area contributed by atoms with Crippen molar-refractivity contribution in [1.82, 2.24) is 0 Å². The quantitative estimate of drug-likeness (QED) is 0.319. The predicted molar refractivity (Wildman–Crippen MR) is 23.1 cm³/mol. The van der Waals surface area contributed by atoms with Gasteiger partial charge in [-0.05, 0) is 6.92 Å². The van der Waals surface area contributed by atoms with Crippen LogP contribution in [0.5, 0.6) is 0 Å². The van der Waals surface area contributed by atoms with E-state index in [0.717, 1.165) is 0 Å². The van der Waals surface area contributed by atoms with Gasteiger partial charge in [0, 0.05) is 5.25 Å². The molecule has 0 aromatic heterocycles. The summed E-state index contributed by atoms with van der Waals surface area (Å²) in [5.74, 6) is 1.96. The molecule has 0 unspecified atom stereocenters. The van der Waals surface area contributed by atoms with Gasteiger partial charge in [-0.25, -0.2) is 8.42 Å². The summed E-state index contributed by atoms with van der Waals surface area (Å²) in [6, 6.07) is 0. The van der Waals surface area contributed by atoms with Gasteiger partial charge < -0.3 is 4.55 Å². The summed E-state index contributed by atoms with van der Waals surface area (Å²) in [5, 5.41) is 1.45. The second-order valence-corrected chi connectivity index (χ2v) is 1.92. The van der Waals surface area contributed by atoms with Crippen LogP contribution in [0.15, 0.2) is 0 Å². The van der Waals surface area contributed by atoms with Gasteiger partial charge >= 0.3 is 0 Å². The van der Waals surface area contributed by atoms with Crippen LogP contribution in [0.25, 0.3) is 0 Å². The second kappa shape index (κ2) is 1.96. The van der Waals surface area contributed by atoms with E-state index in [0.29, 0.717) is 0 Å². The molecule has 0 aromatic rings. The van der Waals surface area contributed by atoms with E-state index in [9.17, 15) is 13.0 Å². The molecule has 0 N–H and O–H groups in total. The van der Waals surface area contributed by atoms with Crippen molar-refractivity contribution in [1.29, 1.82) is 0 Å². The van der Waals surface area contributed by atoms with E-state index in [2.05, 4.69) is 0 Å². The molecule has 0 fully saturated rings. The van der Waals surface area contributed by atoms with Crippen molar-refractivity contribution in [2.24, 2.45) is 0 Å². The molecule has 0 aromatic carbocycles. The zero-order valence-electron chi connectivity index (χ0n) is 3.63. The monoisotopic (exact) mass is 119 g/mol. The molecule has 0 atom stereocenters. The Labute approximate surface area is 42.1 Å². The van der Waals surface area contributed by atoms with E-state index < -0.39 is 10.1 Å². The average molecular weight is 119 g/mol. The van der Waals surface area contributed by atoms with Crippen LogP contribution < -0.4 is 0 Å². The highest BCUT2D eigenvalue weighted by atomic mass is 32.2. The SMILES string of the molecule is CC#CS(=O)(=O)[O-]. The third-order valence-corrected chi connectivity index (χ3v) is 0.681. The molecule has 0 aliphatic heterocycles. The smallest absolute Gasteiger partial charge is 0.164 e. The summed E-state index contributed by atoms with van der Waals surface area (Å²) in [7, 11) is -4.29. The highest BCUT2D eigenvalue weighted by Crippen LogP contribution is 1.70. The summed E-state index contributed by atoms with van der Waals surface area (Å²) >= 11 is 0. The lowest BCUT2D eigenvalue weighted by atomic mass is 10.9. The van der Waals surface area contributed by atoms with E-state index in [1.54, 1.807) is 0 Å². The molecule has 7 heavy (non-hydrogen) atoms. The van der Waals surface area contributed by atoms with E-state index in [4.69, 9.17) is 0 Å². The van der Waals surface area contributed by atoms with Crippen LogP contribution in [0.4, 0.5) is 0 Å². The highest BCUT2D eigenvalue weighted by Gasteiger charge is 1.75. The molecule has 4 heteroatoms. The minimum absolute atomic E-state index is 1.29. The molecule has 0 amide bonds. The molecule has 3 nitrogen and oxygen atoms in total. The minimum atomic E-state index is -4.29.